The summed E-state index contributed by atoms with van der Waals surface area (Å²) in [6.07, 6.45) is 7.73. The van der Waals surface area contributed by atoms with E-state index in [4.69, 9.17) is 16.6 Å². The molecule has 1 amide bonds. The van der Waals surface area contributed by atoms with Gasteiger partial charge in [0.05, 0.1) is 21.8 Å². The van der Waals surface area contributed by atoms with Crippen LogP contribution in [0.25, 0.3) is 22.3 Å². The zero-order valence-corrected chi connectivity index (χ0v) is 23.0. The standard InChI is InChI=1S/C30H34ClN5O2/c1-5-26(37)34-15-16-35(20(4)18-34)28-23-17-24(31)27(21-11-7-6-8-12-21)32-29(23)36(30(38)33-28)25-14-10-9-13-22(25)19(2)3/h5,9-11,13-14,17,19-20H,1,6-8,12,15-16,18H2,2-4H3/t20-/m0/s1. The van der Waals surface area contributed by atoms with Crippen LogP contribution in [0.15, 0.2) is 53.9 Å². The summed E-state index contributed by atoms with van der Waals surface area (Å²) in [5, 5.41) is 1.29. The van der Waals surface area contributed by atoms with E-state index in [9.17, 15) is 9.59 Å². The topological polar surface area (TPSA) is 71.3 Å². The molecule has 2 aliphatic rings. The van der Waals surface area contributed by atoms with Gasteiger partial charge in [-0.25, -0.2) is 14.3 Å². The van der Waals surface area contributed by atoms with Gasteiger partial charge in [-0.05, 0) is 67.9 Å². The van der Waals surface area contributed by atoms with E-state index in [1.54, 1.807) is 9.47 Å². The predicted molar refractivity (Wildman–Crippen MR) is 154 cm³/mol. The first-order valence-electron chi connectivity index (χ1n) is 13.4. The largest absolute Gasteiger partial charge is 0.355 e. The Labute approximate surface area is 228 Å². The molecule has 0 unspecified atom stereocenters. The number of allylic oxidation sites excluding steroid dienone is 2. The van der Waals surface area contributed by atoms with Crippen molar-refractivity contribution in [3.8, 4) is 5.69 Å². The fourth-order valence-electron chi connectivity index (χ4n) is 5.60. The summed E-state index contributed by atoms with van der Waals surface area (Å²) in [7, 11) is 0. The lowest BCUT2D eigenvalue weighted by Crippen LogP contribution is -2.54. The zero-order valence-electron chi connectivity index (χ0n) is 22.3. The summed E-state index contributed by atoms with van der Waals surface area (Å²) in [5.74, 6) is 0.668. The quantitative estimate of drug-likeness (QED) is 0.393. The fourth-order valence-corrected chi connectivity index (χ4v) is 5.87. The van der Waals surface area contributed by atoms with Crippen LogP contribution in [0, 0.1) is 0 Å². The second kappa shape index (κ2) is 10.7. The minimum absolute atomic E-state index is 0.0546. The minimum Gasteiger partial charge on any atom is -0.350 e. The van der Waals surface area contributed by atoms with Crippen LogP contribution in [-0.4, -0.2) is 51.0 Å². The molecule has 5 rings (SSSR count). The van der Waals surface area contributed by atoms with Crippen LogP contribution in [0.1, 0.15) is 63.6 Å². The number of benzene rings is 1. The molecule has 3 aromatic rings. The molecular weight excluding hydrogens is 498 g/mol. The number of halogens is 1. The van der Waals surface area contributed by atoms with E-state index in [2.05, 4.69) is 36.4 Å². The summed E-state index contributed by atoms with van der Waals surface area (Å²) in [4.78, 5) is 39.6. The van der Waals surface area contributed by atoms with Crippen molar-refractivity contribution in [1.29, 1.82) is 0 Å². The Morgan fingerprint density at radius 2 is 1.97 bits per heavy atom. The number of anilines is 1. The van der Waals surface area contributed by atoms with Crippen molar-refractivity contribution in [2.75, 3.05) is 24.5 Å². The molecule has 0 radical (unpaired) electrons. The van der Waals surface area contributed by atoms with E-state index in [1.807, 2.05) is 37.3 Å². The van der Waals surface area contributed by atoms with Gasteiger partial charge >= 0.3 is 5.69 Å². The van der Waals surface area contributed by atoms with Crippen molar-refractivity contribution in [2.24, 2.45) is 0 Å². The first-order chi connectivity index (χ1) is 18.3. The van der Waals surface area contributed by atoms with E-state index in [0.717, 1.165) is 53.6 Å². The Bertz CT molecular complexity index is 1490. The highest BCUT2D eigenvalue weighted by atomic mass is 35.5. The van der Waals surface area contributed by atoms with Crippen LogP contribution in [0.3, 0.4) is 0 Å². The molecule has 1 aliphatic heterocycles. The van der Waals surface area contributed by atoms with Crippen molar-refractivity contribution in [2.45, 2.75) is 58.4 Å². The highest BCUT2D eigenvalue weighted by Gasteiger charge is 2.30. The maximum absolute atomic E-state index is 13.8. The maximum Gasteiger partial charge on any atom is 0.355 e. The molecular formula is C30H34ClN5O2. The molecule has 1 aromatic carbocycles. The molecule has 1 aliphatic carbocycles. The Morgan fingerprint density at radius 3 is 2.66 bits per heavy atom. The summed E-state index contributed by atoms with van der Waals surface area (Å²) < 4.78 is 1.64. The minimum atomic E-state index is -0.379. The second-order valence-corrected chi connectivity index (χ2v) is 10.9. The molecule has 0 N–H and O–H groups in total. The molecule has 0 bridgehead atoms. The van der Waals surface area contributed by atoms with Gasteiger partial charge in [0.15, 0.2) is 5.65 Å². The third-order valence-corrected chi connectivity index (χ3v) is 7.87. The molecule has 1 atom stereocenters. The molecule has 1 saturated heterocycles. The summed E-state index contributed by atoms with van der Waals surface area (Å²) in [5.41, 5.74) is 3.87. The number of nitrogens with zero attached hydrogens (tertiary/aromatic N) is 5. The average molecular weight is 532 g/mol. The normalized spacial score (nSPS) is 18.1. The average Bonchev–Trinajstić information content (AvgIpc) is 2.92. The van der Waals surface area contributed by atoms with Crippen LogP contribution in [-0.2, 0) is 4.79 Å². The molecule has 38 heavy (non-hydrogen) atoms. The van der Waals surface area contributed by atoms with E-state index < -0.39 is 0 Å². The molecule has 0 saturated carbocycles. The van der Waals surface area contributed by atoms with Crippen molar-refractivity contribution in [3.63, 3.8) is 0 Å². The first kappa shape index (κ1) is 26.2. The van der Waals surface area contributed by atoms with Gasteiger partial charge in [-0.15, -0.1) is 0 Å². The lowest BCUT2D eigenvalue weighted by molar-refractivity contribution is -0.126. The van der Waals surface area contributed by atoms with Crippen molar-refractivity contribution in [3.05, 3.63) is 75.8 Å². The summed E-state index contributed by atoms with van der Waals surface area (Å²) in [6, 6.07) is 9.79. The third-order valence-electron chi connectivity index (χ3n) is 7.58. The van der Waals surface area contributed by atoms with Gasteiger partial charge < -0.3 is 9.80 Å². The van der Waals surface area contributed by atoms with Crippen LogP contribution < -0.4 is 10.6 Å². The van der Waals surface area contributed by atoms with Gasteiger partial charge in [0, 0.05) is 25.7 Å². The van der Waals surface area contributed by atoms with Crippen molar-refractivity contribution >= 4 is 39.9 Å². The summed E-state index contributed by atoms with van der Waals surface area (Å²) >= 11 is 6.89. The van der Waals surface area contributed by atoms with Crippen LogP contribution >= 0.6 is 11.6 Å². The fraction of sp³-hybridized carbons (Fsp3) is 0.400. The maximum atomic E-state index is 13.8. The summed E-state index contributed by atoms with van der Waals surface area (Å²) in [6.45, 7) is 11.4. The number of hydrogen-bond acceptors (Lipinski definition) is 5. The van der Waals surface area contributed by atoms with Crippen LogP contribution in [0.4, 0.5) is 5.82 Å². The number of hydrogen-bond donors (Lipinski definition) is 0. The molecule has 8 heteroatoms. The number of rotatable bonds is 5. The molecule has 0 spiro atoms. The Kier molecular flexibility index (Phi) is 7.39. The highest BCUT2D eigenvalue weighted by molar-refractivity contribution is 6.33. The smallest absolute Gasteiger partial charge is 0.350 e. The number of amides is 1. The Hall–Kier alpha value is -3.45. The number of fused-ring (bicyclic) bond motifs is 1. The number of carbonyl (C=O) groups is 1. The van der Waals surface area contributed by atoms with Crippen molar-refractivity contribution in [1.82, 2.24) is 19.4 Å². The monoisotopic (exact) mass is 531 g/mol. The SMILES string of the molecule is C=CC(=O)N1CCN(c2nc(=O)n(-c3ccccc3C(C)C)c3nc(C4=CCCCC4)c(Cl)cc23)[C@@H](C)C1. The van der Waals surface area contributed by atoms with E-state index >= 15 is 0 Å². The highest BCUT2D eigenvalue weighted by Crippen LogP contribution is 2.36. The van der Waals surface area contributed by atoms with Gasteiger partial charge in [-0.1, -0.05) is 56.3 Å². The van der Waals surface area contributed by atoms with Gasteiger partial charge in [0.25, 0.3) is 0 Å². The number of carbonyl (C=O) groups excluding carboxylic acids is 1. The van der Waals surface area contributed by atoms with Crippen molar-refractivity contribution < 1.29 is 4.79 Å². The van der Waals surface area contributed by atoms with Gasteiger partial charge in [-0.2, -0.15) is 4.98 Å². The molecule has 7 nitrogen and oxygen atoms in total. The lowest BCUT2D eigenvalue weighted by atomic mass is 9.96. The zero-order chi connectivity index (χ0) is 27.0. The molecule has 3 heterocycles. The van der Waals surface area contributed by atoms with E-state index in [0.29, 0.717) is 36.1 Å². The van der Waals surface area contributed by atoms with Gasteiger partial charge in [0.2, 0.25) is 5.91 Å². The third kappa shape index (κ3) is 4.75. The van der Waals surface area contributed by atoms with E-state index in [-0.39, 0.29) is 23.6 Å². The Balaban J connectivity index is 1.74. The first-order valence-corrected chi connectivity index (χ1v) is 13.8. The van der Waals surface area contributed by atoms with Crippen LogP contribution in [0.2, 0.25) is 5.02 Å². The predicted octanol–water partition coefficient (Wildman–Crippen LogP) is 5.74. The molecule has 1 fully saturated rings. The van der Waals surface area contributed by atoms with Gasteiger partial charge in [-0.3, -0.25) is 4.79 Å². The Morgan fingerprint density at radius 1 is 1.18 bits per heavy atom. The second-order valence-electron chi connectivity index (χ2n) is 10.5. The van der Waals surface area contributed by atoms with E-state index in [1.165, 1.54) is 6.08 Å². The van der Waals surface area contributed by atoms with Crippen LogP contribution in [0.5, 0.6) is 0 Å². The number of para-hydroxylation sites is 1. The van der Waals surface area contributed by atoms with Gasteiger partial charge in [0.1, 0.15) is 5.82 Å². The number of piperazine rings is 1. The lowest BCUT2D eigenvalue weighted by Gasteiger charge is -2.40. The molecule has 198 valence electrons. The number of pyridine rings is 1. The molecule has 2 aromatic heterocycles. The number of aromatic nitrogens is 3.